The van der Waals surface area contributed by atoms with Crippen LogP contribution in [0.4, 0.5) is 5.82 Å². The number of hydrogen-bond acceptors (Lipinski definition) is 4. The molecule has 1 N–H and O–H groups in total. The summed E-state index contributed by atoms with van der Waals surface area (Å²) in [5, 5.41) is 11.6. The van der Waals surface area contributed by atoms with Gasteiger partial charge in [-0.2, -0.15) is 0 Å². The van der Waals surface area contributed by atoms with Gasteiger partial charge in [-0.1, -0.05) is 27.7 Å². The number of hydrogen-bond donors (Lipinski definition) is 1. The molecule has 98 valence electrons. The zero-order valence-electron chi connectivity index (χ0n) is 11.7. The lowest BCUT2D eigenvalue weighted by Crippen LogP contribution is -2.29. The second-order valence-electron chi connectivity index (χ2n) is 5.71. The molecule has 2 aromatic rings. The Kier molecular flexibility index (Phi) is 3.24. The highest BCUT2D eigenvalue weighted by molar-refractivity contribution is 5.61. The van der Waals surface area contributed by atoms with E-state index in [2.05, 4.69) is 48.2 Å². The molecule has 0 aliphatic heterocycles. The Morgan fingerprint density at radius 1 is 1.33 bits per heavy atom. The predicted octanol–water partition coefficient (Wildman–Crippen LogP) is 2.53. The summed E-state index contributed by atoms with van der Waals surface area (Å²) in [5.41, 5.74) is 0.999. The minimum absolute atomic E-state index is 0.212. The molecule has 0 radical (unpaired) electrons. The first-order valence-electron chi connectivity index (χ1n) is 6.32. The minimum atomic E-state index is 0.212. The summed E-state index contributed by atoms with van der Waals surface area (Å²) in [6, 6.07) is 0. The van der Waals surface area contributed by atoms with Crippen LogP contribution in [0.25, 0.3) is 5.65 Å². The number of rotatable bonds is 4. The SMILES string of the molecule is Cc1nnc2c(NCC(C)(C)C(C)C)nccn12. The number of anilines is 1. The molecule has 0 saturated carbocycles. The van der Waals surface area contributed by atoms with Crippen LogP contribution >= 0.6 is 0 Å². The fraction of sp³-hybridized carbons (Fsp3) is 0.615. The maximum absolute atomic E-state index is 4.35. The lowest BCUT2D eigenvalue weighted by molar-refractivity contribution is 0.269. The highest BCUT2D eigenvalue weighted by Gasteiger charge is 2.22. The van der Waals surface area contributed by atoms with Crippen LogP contribution in [0.1, 0.15) is 33.5 Å². The summed E-state index contributed by atoms with van der Waals surface area (Å²) >= 11 is 0. The first kappa shape index (κ1) is 12.8. The van der Waals surface area contributed by atoms with Gasteiger partial charge in [-0.3, -0.25) is 4.40 Å². The molecule has 0 aliphatic rings. The topological polar surface area (TPSA) is 55.1 Å². The zero-order chi connectivity index (χ0) is 13.3. The maximum Gasteiger partial charge on any atom is 0.203 e. The van der Waals surface area contributed by atoms with E-state index in [9.17, 15) is 0 Å². The zero-order valence-corrected chi connectivity index (χ0v) is 11.7. The third kappa shape index (κ3) is 2.30. The summed E-state index contributed by atoms with van der Waals surface area (Å²) in [5.74, 6) is 2.27. The van der Waals surface area contributed by atoms with Crippen LogP contribution in [-0.4, -0.2) is 26.1 Å². The Morgan fingerprint density at radius 3 is 2.72 bits per heavy atom. The maximum atomic E-state index is 4.35. The van der Waals surface area contributed by atoms with Crippen molar-refractivity contribution in [3.8, 4) is 0 Å². The van der Waals surface area contributed by atoms with Crippen LogP contribution in [0.5, 0.6) is 0 Å². The second-order valence-corrected chi connectivity index (χ2v) is 5.71. The molecular formula is C13H21N5. The first-order chi connectivity index (χ1) is 8.42. The van der Waals surface area contributed by atoms with Crippen LogP contribution < -0.4 is 5.32 Å². The Balaban J connectivity index is 2.23. The molecular weight excluding hydrogens is 226 g/mol. The van der Waals surface area contributed by atoms with Crippen molar-refractivity contribution in [2.75, 3.05) is 11.9 Å². The van der Waals surface area contributed by atoms with Crippen molar-refractivity contribution >= 4 is 11.5 Å². The van der Waals surface area contributed by atoms with Crippen molar-refractivity contribution in [1.82, 2.24) is 19.6 Å². The van der Waals surface area contributed by atoms with E-state index in [0.29, 0.717) is 5.92 Å². The van der Waals surface area contributed by atoms with Gasteiger partial charge in [0.25, 0.3) is 0 Å². The van der Waals surface area contributed by atoms with Crippen LogP contribution in [0.15, 0.2) is 12.4 Å². The molecule has 2 rings (SSSR count). The lowest BCUT2D eigenvalue weighted by atomic mass is 9.81. The molecule has 0 unspecified atom stereocenters. The summed E-state index contributed by atoms with van der Waals surface area (Å²) in [4.78, 5) is 4.35. The van der Waals surface area contributed by atoms with Gasteiger partial charge in [0.2, 0.25) is 5.65 Å². The van der Waals surface area contributed by atoms with E-state index in [1.165, 1.54) is 0 Å². The highest BCUT2D eigenvalue weighted by Crippen LogP contribution is 2.26. The molecule has 0 bridgehead atoms. The van der Waals surface area contributed by atoms with Gasteiger partial charge in [0.1, 0.15) is 5.82 Å². The van der Waals surface area contributed by atoms with E-state index in [1.807, 2.05) is 17.5 Å². The molecule has 0 atom stereocenters. The summed E-state index contributed by atoms with van der Waals surface area (Å²) in [6.07, 6.45) is 3.65. The van der Waals surface area contributed by atoms with Gasteiger partial charge in [0.05, 0.1) is 0 Å². The van der Waals surface area contributed by atoms with E-state index in [-0.39, 0.29) is 5.41 Å². The smallest absolute Gasteiger partial charge is 0.203 e. The molecule has 0 spiro atoms. The predicted molar refractivity (Wildman–Crippen MR) is 72.6 cm³/mol. The van der Waals surface area contributed by atoms with E-state index in [1.54, 1.807) is 6.20 Å². The van der Waals surface area contributed by atoms with Crippen molar-refractivity contribution in [2.45, 2.75) is 34.6 Å². The van der Waals surface area contributed by atoms with Gasteiger partial charge in [-0.15, -0.1) is 10.2 Å². The monoisotopic (exact) mass is 247 g/mol. The van der Waals surface area contributed by atoms with Gasteiger partial charge < -0.3 is 5.32 Å². The molecule has 0 aromatic carbocycles. The Morgan fingerprint density at radius 2 is 2.06 bits per heavy atom. The lowest BCUT2D eigenvalue weighted by Gasteiger charge is -2.29. The summed E-state index contributed by atoms with van der Waals surface area (Å²) < 4.78 is 1.94. The van der Waals surface area contributed by atoms with Crippen LogP contribution in [-0.2, 0) is 0 Å². The number of nitrogens with zero attached hydrogens (tertiary/aromatic N) is 4. The normalized spacial score (nSPS) is 12.3. The summed E-state index contributed by atoms with van der Waals surface area (Å²) in [6.45, 7) is 11.8. The van der Waals surface area contributed by atoms with Crippen molar-refractivity contribution < 1.29 is 0 Å². The summed E-state index contributed by atoms with van der Waals surface area (Å²) in [7, 11) is 0. The van der Waals surface area contributed by atoms with Crippen LogP contribution in [0, 0.1) is 18.3 Å². The standard InChI is InChI=1S/C13H21N5/c1-9(2)13(4,5)8-15-11-12-17-16-10(3)18(12)7-6-14-11/h6-7,9H,8H2,1-5H3,(H,14,15). The molecule has 0 aliphatic carbocycles. The first-order valence-corrected chi connectivity index (χ1v) is 6.32. The van der Waals surface area contributed by atoms with Gasteiger partial charge in [-0.25, -0.2) is 4.98 Å². The molecule has 18 heavy (non-hydrogen) atoms. The highest BCUT2D eigenvalue weighted by atomic mass is 15.3. The van der Waals surface area contributed by atoms with Gasteiger partial charge in [-0.05, 0) is 18.3 Å². The molecule has 5 nitrogen and oxygen atoms in total. The fourth-order valence-electron chi connectivity index (χ4n) is 1.58. The Bertz CT molecular complexity index is 541. The van der Waals surface area contributed by atoms with Gasteiger partial charge in [0.15, 0.2) is 5.82 Å². The molecule has 2 heterocycles. The van der Waals surface area contributed by atoms with E-state index in [0.717, 1.165) is 23.8 Å². The molecule has 5 heteroatoms. The van der Waals surface area contributed by atoms with E-state index >= 15 is 0 Å². The Labute approximate surface area is 108 Å². The van der Waals surface area contributed by atoms with Crippen molar-refractivity contribution in [2.24, 2.45) is 11.3 Å². The van der Waals surface area contributed by atoms with Gasteiger partial charge in [0, 0.05) is 18.9 Å². The fourth-order valence-corrected chi connectivity index (χ4v) is 1.58. The molecule has 2 aromatic heterocycles. The largest absolute Gasteiger partial charge is 0.366 e. The third-order valence-corrected chi connectivity index (χ3v) is 3.77. The van der Waals surface area contributed by atoms with Gasteiger partial charge >= 0.3 is 0 Å². The number of nitrogens with one attached hydrogen (secondary N) is 1. The number of aryl methyl sites for hydroxylation is 1. The van der Waals surface area contributed by atoms with E-state index < -0.39 is 0 Å². The second kappa shape index (κ2) is 4.55. The quantitative estimate of drug-likeness (QED) is 0.902. The average molecular weight is 247 g/mol. The Hall–Kier alpha value is -1.65. The van der Waals surface area contributed by atoms with E-state index in [4.69, 9.17) is 0 Å². The number of aromatic nitrogens is 4. The molecule has 0 amide bonds. The van der Waals surface area contributed by atoms with Crippen LogP contribution in [0.2, 0.25) is 0 Å². The van der Waals surface area contributed by atoms with Crippen molar-refractivity contribution in [1.29, 1.82) is 0 Å². The molecule has 0 fully saturated rings. The van der Waals surface area contributed by atoms with Crippen LogP contribution in [0.3, 0.4) is 0 Å². The third-order valence-electron chi connectivity index (χ3n) is 3.77. The van der Waals surface area contributed by atoms with Crippen molar-refractivity contribution in [3.63, 3.8) is 0 Å². The molecule has 0 saturated heterocycles. The minimum Gasteiger partial charge on any atom is -0.366 e. The number of fused-ring (bicyclic) bond motifs is 1. The average Bonchev–Trinajstić information content (AvgIpc) is 2.69. The van der Waals surface area contributed by atoms with Crippen molar-refractivity contribution in [3.05, 3.63) is 18.2 Å².